The van der Waals surface area contributed by atoms with Gasteiger partial charge < -0.3 is 25.4 Å². The summed E-state index contributed by atoms with van der Waals surface area (Å²) in [6, 6.07) is 6.82. The first-order chi connectivity index (χ1) is 25.1. The van der Waals surface area contributed by atoms with Crippen LogP contribution in [0.2, 0.25) is 0 Å². The molecule has 6 rings (SSSR count). The van der Waals surface area contributed by atoms with Crippen LogP contribution < -0.4 is 30.7 Å². The summed E-state index contributed by atoms with van der Waals surface area (Å²) in [4.78, 5) is 97.4. The van der Waals surface area contributed by atoms with E-state index < -0.39 is 35.6 Å². The van der Waals surface area contributed by atoms with E-state index in [0.29, 0.717) is 47.2 Å². The van der Waals surface area contributed by atoms with Crippen molar-refractivity contribution in [3.63, 3.8) is 0 Å². The Labute approximate surface area is 302 Å². The Balaban J connectivity index is 0.888. The van der Waals surface area contributed by atoms with Gasteiger partial charge in [-0.15, -0.1) is 11.3 Å². The minimum atomic E-state index is -1.10. The molecule has 0 spiro atoms. The van der Waals surface area contributed by atoms with Crippen molar-refractivity contribution in [1.82, 2.24) is 30.8 Å². The summed E-state index contributed by atoms with van der Waals surface area (Å²) in [5.74, 6) is -2.57. The molecular formula is C35H37N7O9S. The van der Waals surface area contributed by atoms with Gasteiger partial charge in [-0.25, -0.2) is 9.97 Å². The maximum Gasteiger partial charge on any atom is 0.267 e. The number of thiazole rings is 1. The molecule has 17 heteroatoms. The Morgan fingerprint density at radius 3 is 2.48 bits per heavy atom. The maximum absolute atomic E-state index is 13.2. The quantitative estimate of drug-likeness (QED) is 0.124. The van der Waals surface area contributed by atoms with Gasteiger partial charge in [0, 0.05) is 37.2 Å². The Morgan fingerprint density at radius 2 is 1.75 bits per heavy atom. The average Bonchev–Trinajstić information content (AvgIpc) is 3.85. The lowest BCUT2D eigenvalue weighted by molar-refractivity contribution is -0.136. The van der Waals surface area contributed by atoms with Gasteiger partial charge in [-0.1, -0.05) is 18.9 Å². The molecule has 16 nitrogen and oxygen atoms in total. The van der Waals surface area contributed by atoms with Gasteiger partial charge >= 0.3 is 0 Å². The van der Waals surface area contributed by atoms with Crippen LogP contribution in [-0.4, -0.2) is 89.1 Å². The number of benzene rings is 1. The van der Waals surface area contributed by atoms with E-state index in [4.69, 9.17) is 9.47 Å². The Hall–Kier alpha value is -5.71. The maximum atomic E-state index is 13.2. The molecule has 2 fully saturated rings. The number of aromatic nitrogens is 2. The molecule has 52 heavy (non-hydrogen) atoms. The van der Waals surface area contributed by atoms with E-state index in [1.54, 1.807) is 18.3 Å². The van der Waals surface area contributed by atoms with Crippen molar-refractivity contribution in [1.29, 1.82) is 0 Å². The van der Waals surface area contributed by atoms with E-state index in [-0.39, 0.29) is 59.9 Å². The highest BCUT2D eigenvalue weighted by atomic mass is 32.1. The summed E-state index contributed by atoms with van der Waals surface area (Å²) >= 11 is 1.19. The molecule has 0 radical (unpaired) electrons. The normalized spacial score (nSPS) is 16.6. The lowest BCUT2D eigenvalue weighted by Crippen LogP contribution is -2.54. The first-order valence-electron chi connectivity index (χ1n) is 17.0. The Kier molecular flexibility index (Phi) is 11.2. The van der Waals surface area contributed by atoms with Gasteiger partial charge in [0.1, 0.15) is 22.6 Å². The number of rotatable bonds is 16. The third kappa shape index (κ3) is 8.25. The summed E-state index contributed by atoms with van der Waals surface area (Å²) in [5, 5.41) is 11.2. The van der Waals surface area contributed by atoms with Crippen LogP contribution in [0.4, 0.5) is 5.82 Å². The van der Waals surface area contributed by atoms with Gasteiger partial charge in [-0.2, -0.15) is 0 Å². The second kappa shape index (κ2) is 16.1. The van der Waals surface area contributed by atoms with Crippen LogP contribution >= 0.6 is 11.3 Å². The number of hydrogen-bond acceptors (Lipinski definition) is 12. The molecule has 1 saturated carbocycles. The summed E-state index contributed by atoms with van der Waals surface area (Å²) in [7, 11) is 1.45. The highest BCUT2D eigenvalue weighted by Crippen LogP contribution is 2.35. The Morgan fingerprint density at radius 1 is 0.981 bits per heavy atom. The van der Waals surface area contributed by atoms with Crippen molar-refractivity contribution < 1.29 is 43.0 Å². The zero-order chi connectivity index (χ0) is 36.8. The minimum absolute atomic E-state index is 0.00773. The molecule has 4 N–H and O–H groups in total. The number of imide groups is 2. The highest BCUT2D eigenvalue weighted by Gasteiger charge is 2.46. The van der Waals surface area contributed by atoms with Gasteiger partial charge in [0.25, 0.3) is 23.6 Å². The largest absolute Gasteiger partial charge is 0.483 e. The second-order valence-electron chi connectivity index (χ2n) is 12.5. The monoisotopic (exact) mass is 731 g/mol. The fourth-order valence-corrected chi connectivity index (χ4v) is 6.78. The second-order valence-corrected chi connectivity index (χ2v) is 13.5. The van der Waals surface area contributed by atoms with E-state index in [9.17, 15) is 33.6 Å². The number of nitrogens with zero attached hydrogens (tertiary/aromatic N) is 3. The van der Waals surface area contributed by atoms with E-state index in [1.807, 2.05) is 0 Å². The fraction of sp³-hybridized carbons (Fsp3) is 0.400. The number of ether oxygens (including phenoxy) is 2. The molecule has 1 aromatic carbocycles. The number of amides is 7. The van der Waals surface area contributed by atoms with Gasteiger partial charge in [-0.3, -0.25) is 43.8 Å². The molecule has 1 aliphatic carbocycles. The zero-order valence-corrected chi connectivity index (χ0v) is 29.1. The molecule has 4 heterocycles. The standard InChI is InChI=1S/C35H37N7O9S/c1-50-32-28(52-33(41-32)20-13-16-36-24(17-20)39-29(45)19-9-10-19)31(47)38-15-5-3-2-4-14-37-26(44)18-51-23-8-6-7-21-27(23)35(49)42(34(21)48)22-11-12-25(43)40-30(22)46/h6-8,13,16-17,19,22H,2-5,9-12,14-15,18H2,1H3,(H,37,44)(H,38,47)(H,36,39,45)(H,40,43,46). The van der Waals surface area contributed by atoms with Crippen LogP contribution in [0.3, 0.4) is 0 Å². The average molecular weight is 732 g/mol. The van der Waals surface area contributed by atoms with Gasteiger partial charge in [-0.05, 0) is 56.4 Å². The van der Waals surface area contributed by atoms with Crippen molar-refractivity contribution in [2.24, 2.45) is 5.92 Å². The Bertz CT molecular complexity index is 1930. The molecule has 1 saturated heterocycles. The lowest BCUT2D eigenvalue weighted by Gasteiger charge is -2.27. The third-order valence-corrected chi connectivity index (χ3v) is 9.79. The summed E-state index contributed by atoms with van der Waals surface area (Å²) < 4.78 is 11.0. The number of carbonyl (C=O) groups is 7. The smallest absolute Gasteiger partial charge is 0.267 e. The number of anilines is 1. The molecule has 2 aromatic heterocycles. The van der Waals surface area contributed by atoms with E-state index >= 15 is 0 Å². The first-order valence-corrected chi connectivity index (χ1v) is 17.8. The van der Waals surface area contributed by atoms with Gasteiger partial charge in [0.05, 0.1) is 18.2 Å². The van der Waals surface area contributed by atoms with Crippen LogP contribution in [-0.2, 0) is 19.2 Å². The van der Waals surface area contributed by atoms with E-state index in [2.05, 4.69) is 31.2 Å². The summed E-state index contributed by atoms with van der Waals surface area (Å²) in [6.07, 6.45) is 6.40. The first kappa shape index (κ1) is 36.1. The predicted octanol–water partition coefficient (Wildman–Crippen LogP) is 2.45. The molecule has 1 unspecified atom stereocenters. The van der Waals surface area contributed by atoms with Crippen LogP contribution in [0.5, 0.6) is 11.6 Å². The number of pyridine rings is 1. The number of carbonyl (C=O) groups excluding carboxylic acids is 7. The van der Waals surface area contributed by atoms with Crippen molar-refractivity contribution >= 4 is 58.5 Å². The molecule has 2 aliphatic heterocycles. The minimum Gasteiger partial charge on any atom is -0.483 e. The van der Waals surface area contributed by atoms with Crippen LogP contribution in [0.25, 0.3) is 10.6 Å². The number of hydrogen-bond donors (Lipinski definition) is 4. The predicted molar refractivity (Wildman–Crippen MR) is 186 cm³/mol. The SMILES string of the molecule is COc1nc(-c2ccnc(NC(=O)C3CC3)c2)sc1C(=O)NCCCCCCNC(=O)COc1cccc2c1C(=O)N(C1CCC(=O)NC1=O)C2=O. The molecular weight excluding hydrogens is 694 g/mol. The third-order valence-electron chi connectivity index (χ3n) is 8.70. The topological polar surface area (TPSA) is 215 Å². The van der Waals surface area contributed by atoms with E-state index in [0.717, 1.165) is 30.6 Å². The number of fused-ring (bicyclic) bond motifs is 1. The number of piperidine rings is 1. The zero-order valence-electron chi connectivity index (χ0n) is 28.3. The molecule has 3 aliphatic rings. The summed E-state index contributed by atoms with van der Waals surface area (Å²) in [6.45, 7) is 0.444. The van der Waals surface area contributed by atoms with Crippen molar-refractivity contribution in [3.8, 4) is 22.2 Å². The summed E-state index contributed by atoms with van der Waals surface area (Å²) in [5.41, 5.74) is 0.745. The highest BCUT2D eigenvalue weighted by molar-refractivity contribution is 7.17. The van der Waals surface area contributed by atoms with Crippen molar-refractivity contribution in [2.75, 3.05) is 32.1 Å². The number of unbranched alkanes of at least 4 members (excludes halogenated alkanes) is 3. The lowest BCUT2D eigenvalue weighted by atomic mass is 10.0. The van der Waals surface area contributed by atoms with E-state index in [1.165, 1.54) is 36.6 Å². The van der Waals surface area contributed by atoms with Gasteiger partial charge in [0.15, 0.2) is 11.5 Å². The van der Waals surface area contributed by atoms with Gasteiger partial charge in [0.2, 0.25) is 23.6 Å². The van der Waals surface area contributed by atoms with Crippen molar-refractivity contribution in [3.05, 3.63) is 52.5 Å². The fourth-order valence-electron chi connectivity index (χ4n) is 5.83. The van der Waals surface area contributed by atoms with Crippen LogP contribution in [0.1, 0.15) is 81.8 Å². The molecule has 1 atom stereocenters. The molecule has 272 valence electrons. The molecule has 3 aromatic rings. The van der Waals surface area contributed by atoms with Crippen LogP contribution in [0.15, 0.2) is 36.5 Å². The van der Waals surface area contributed by atoms with Crippen molar-refractivity contribution in [2.45, 2.75) is 57.4 Å². The number of methoxy groups -OCH3 is 1. The number of nitrogens with one attached hydrogen (secondary N) is 4. The molecule has 0 bridgehead atoms. The molecule has 7 amide bonds. The van der Waals surface area contributed by atoms with Crippen LogP contribution in [0, 0.1) is 5.92 Å².